The van der Waals surface area contributed by atoms with Gasteiger partial charge in [-0.05, 0) is 172 Å². The number of ether oxygens (including phenoxy) is 4. The maximum atomic E-state index is 13.3. The molecule has 2 aromatic heterocycles. The zero-order chi connectivity index (χ0) is 50.7. The van der Waals surface area contributed by atoms with Crippen molar-refractivity contribution in [2.75, 3.05) is 19.8 Å². The van der Waals surface area contributed by atoms with Gasteiger partial charge in [0.05, 0.1) is 0 Å². The second kappa shape index (κ2) is 23.8. The summed E-state index contributed by atoms with van der Waals surface area (Å²) in [6, 6.07) is 24.3. The van der Waals surface area contributed by atoms with E-state index in [1.807, 2.05) is 48.5 Å². The molecule has 2 heterocycles. The molecule has 0 aliphatic heterocycles. The zero-order valence-corrected chi connectivity index (χ0v) is 43.7. The number of hydrogen-bond acceptors (Lipinski definition) is 13. The number of nitrogens with one attached hydrogen (secondary N) is 2. The number of pyridine rings is 2. The number of benzene rings is 3. The van der Waals surface area contributed by atoms with E-state index in [2.05, 4.69) is 35.3 Å². The monoisotopic (exact) mass is 1060 g/mol. The summed E-state index contributed by atoms with van der Waals surface area (Å²) >= 11 is 3.27. The summed E-state index contributed by atoms with van der Waals surface area (Å²) in [6.45, 7) is 10.4. The predicted octanol–water partition coefficient (Wildman–Crippen LogP) is 9.06. The van der Waals surface area contributed by atoms with Crippen molar-refractivity contribution in [2.45, 2.75) is 133 Å². The summed E-state index contributed by atoms with van der Waals surface area (Å²) in [5.74, 6) is 0.240. The van der Waals surface area contributed by atoms with Crippen LogP contribution in [0, 0.1) is 0 Å². The highest BCUT2D eigenvalue weighted by molar-refractivity contribution is 9.10. The van der Waals surface area contributed by atoms with Gasteiger partial charge < -0.3 is 24.1 Å². The molecule has 0 bridgehead atoms. The van der Waals surface area contributed by atoms with E-state index in [-0.39, 0.29) is 29.9 Å². The van der Waals surface area contributed by atoms with Gasteiger partial charge in [-0.3, -0.25) is 0 Å². The number of esters is 2. The Morgan fingerprint density at radius 2 is 1.13 bits per heavy atom. The van der Waals surface area contributed by atoms with E-state index in [0.29, 0.717) is 35.2 Å². The summed E-state index contributed by atoms with van der Waals surface area (Å²) in [5, 5.41) is 9.13. The molecule has 7 rings (SSSR count). The van der Waals surface area contributed by atoms with Gasteiger partial charge in [-0.15, -0.1) is 0 Å². The highest BCUT2D eigenvalue weighted by Gasteiger charge is 2.30. The van der Waals surface area contributed by atoms with Gasteiger partial charge in [0.1, 0.15) is 22.7 Å². The fraction of sp³-hybridized carbons (Fsp3) is 0.423. The first-order chi connectivity index (χ1) is 33.1. The molecule has 2 aliphatic carbocycles. The summed E-state index contributed by atoms with van der Waals surface area (Å²) in [4.78, 5) is 32.5. The third kappa shape index (κ3) is 15.6. The molecular formula is C52H63BrN4O11S2. The third-order valence-electron chi connectivity index (χ3n) is 11.2. The number of rotatable bonds is 15. The maximum absolute atomic E-state index is 13.3. The standard InChI is InChI=1S/C30H36N2O6S.C22H27BrN2O5S/c1-30(2,3)38-29(34)20-37-27-13-7-11-24-25(27)10-4-5-12-26(24)32-39(35,36)28-15-14-23(19-31-28)22-9-6-8-21(18-22)16-17-33;1-22(2,3)30-21(26)14-29-19-10-6-8-16-17(19)7-4-5-9-18(16)25-31(27,28)20-12-11-15(23)13-24-20/h6-9,11,13-15,18-19,26,32-33H,4-5,10,12,16-17,20H2,1-3H3;6,8,10-13,18,25H,4-5,7,9,14H2,1-3H3. The first-order valence-corrected chi connectivity index (χ1v) is 27.1. The Morgan fingerprint density at radius 1 is 0.643 bits per heavy atom. The van der Waals surface area contributed by atoms with Gasteiger partial charge >= 0.3 is 11.9 Å². The van der Waals surface area contributed by atoms with Gasteiger partial charge in [0, 0.05) is 41.1 Å². The van der Waals surface area contributed by atoms with E-state index in [9.17, 15) is 31.5 Å². The minimum atomic E-state index is -3.90. The van der Waals surface area contributed by atoms with Crippen molar-refractivity contribution in [3.8, 4) is 22.6 Å². The molecular weight excluding hydrogens is 1000 g/mol. The molecule has 70 heavy (non-hydrogen) atoms. The number of sulfonamides is 2. The van der Waals surface area contributed by atoms with Crippen molar-refractivity contribution in [1.82, 2.24) is 19.4 Å². The summed E-state index contributed by atoms with van der Waals surface area (Å²) < 4.78 is 81.1. The molecule has 0 fully saturated rings. The van der Waals surface area contributed by atoms with Crippen molar-refractivity contribution in [2.24, 2.45) is 0 Å². The normalized spacial score (nSPS) is 16.2. The highest BCUT2D eigenvalue weighted by atomic mass is 79.9. The van der Waals surface area contributed by atoms with Crippen LogP contribution in [0.2, 0.25) is 0 Å². The zero-order valence-electron chi connectivity index (χ0n) is 40.5. The SMILES string of the molecule is CC(C)(C)OC(=O)COc1cccc2c1CCCCC2NS(=O)(=O)c1ccc(-c2cccc(CCO)c2)cn1.CC(C)(C)OC(=O)COc1cccc2c1CCCCC2NS(=O)(=O)c1ccc(Br)cn1. The lowest BCUT2D eigenvalue weighted by Gasteiger charge is -2.22. The largest absolute Gasteiger partial charge is 0.482 e. The number of nitrogens with zero attached hydrogens (tertiary/aromatic N) is 2. The van der Waals surface area contributed by atoms with Crippen LogP contribution in [0.25, 0.3) is 11.1 Å². The van der Waals surface area contributed by atoms with Crippen LogP contribution in [0.4, 0.5) is 0 Å². The van der Waals surface area contributed by atoms with Crippen LogP contribution in [0.15, 0.2) is 112 Å². The Balaban J connectivity index is 0.000000236. The molecule has 0 amide bonds. The molecule has 18 heteroatoms. The van der Waals surface area contributed by atoms with Crippen LogP contribution >= 0.6 is 15.9 Å². The van der Waals surface area contributed by atoms with E-state index >= 15 is 0 Å². The molecule has 15 nitrogen and oxygen atoms in total. The summed E-state index contributed by atoms with van der Waals surface area (Å²) in [7, 11) is -7.69. The quantitative estimate of drug-likeness (QED) is 0.0661. The topological polar surface area (TPSA) is 209 Å². The van der Waals surface area contributed by atoms with Crippen LogP contribution in [-0.4, -0.2) is 74.9 Å². The molecule has 2 atom stereocenters. The van der Waals surface area contributed by atoms with E-state index in [4.69, 9.17) is 18.9 Å². The molecule has 0 spiro atoms. The van der Waals surface area contributed by atoms with E-state index in [1.165, 1.54) is 18.3 Å². The Bertz CT molecular complexity index is 2810. The molecule has 0 saturated carbocycles. The maximum Gasteiger partial charge on any atom is 0.344 e. The first kappa shape index (κ1) is 54.1. The Hall–Kier alpha value is -5.24. The van der Waals surface area contributed by atoms with Crippen molar-refractivity contribution >= 4 is 47.9 Å². The second-order valence-corrected chi connectivity index (χ2v) is 23.3. The van der Waals surface area contributed by atoms with Gasteiger partial charge in [-0.2, -0.15) is 0 Å². The summed E-state index contributed by atoms with van der Waals surface area (Å²) in [5.41, 5.74) is 5.02. The molecule has 3 N–H and O–H groups in total. The van der Waals surface area contributed by atoms with Crippen molar-refractivity contribution in [3.05, 3.63) is 130 Å². The smallest absolute Gasteiger partial charge is 0.344 e. The number of hydrogen-bond donors (Lipinski definition) is 3. The number of aliphatic hydroxyl groups is 1. The average molecular weight is 1060 g/mol. The van der Waals surface area contributed by atoms with Gasteiger partial charge in [0.2, 0.25) is 0 Å². The lowest BCUT2D eigenvalue weighted by molar-refractivity contribution is -0.158. The molecule has 0 saturated heterocycles. The average Bonchev–Trinajstić information content (AvgIpc) is 3.63. The van der Waals surface area contributed by atoms with Gasteiger partial charge in [-0.25, -0.2) is 45.8 Å². The fourth-order valence-electron chi connectivity index (χ4n) is 8.26. The Kier molecular flexibility index (Phi) is 18.4. The molecule has 5 aromatic rings. The number of aliphatic hydroxyl groups excluding tert-OH is 1. The van der Waals surface area contributed by atoms with Crippen molar-refractivity contribution in [1.29, 1.82) is 0 Å². The van der Waals surface area contributed by atoms with Crippen LogP contribution in [0.5, 0.6) is 11.5 Å². The Labute approximate surface area is 420 Å². The molecule has 2 unspecified atom stereocenters. The number of carbonyl (C=O) groups excluding carboxylic acids is 2. The van der Waals surface area contributed by atoms with Crippen LogP contribution in [-0.2, 0) is 58.4 Å². The highest BCUT2D eigenvalue weighted by Crippen LogP contribution is 2.37. The van der Waals surface area contributed by atoms with E-state index in [0.717, 1.165) is 77.5 Å². The predicted molar refractivity (Wildman–Crippen MR) is 269 cm³/mol. The second-order valence-electron chi connectivity index (χ2n) is 19.1. The third-order valence-corrected chi connectivity index (χ3v) is 14.4. The Morgan fingerprint density at radius 3 is 1.57 bits per heavy atom. The molecule has 0 radical (unpaired) electrons. The lowest BCUT2D eigenvalue weighted by Crippen LogP contribution is -2.30. The van der Waals surface area contributed by atoms with Crippen molar-refractivity contribution in [3.63, 3.8) is 0 Å². The molecule has 376 valence electrons. The van der Waals surface area contributed by atoms with Crippen LogP contribution in [0.3, 0.4) is 0 Å². The van der Waals surface area contributed by atoms with Crippen LogP contribution < -0.4 is 18.9 Å². The van der Waals surface area contributed by atoms with E-state index in [1.54, 1.807) is 72.0 Å². The van der Waals surface area contributed by atoms with E-state index < -0.39 is 55.3 Å². The van der Waals surface area contributed by atoms with Crippen molar-refractivity contribution < 1.29 is 50.5 Å². The summed E-state index contributed by atoms with van der Waals surface area (Å²) in [6.07, 6.45) is 9.80. The molecule has 3 aromatic carbocycles. The minimum Gasteiger partial charge on any atom is -0.482 e. The number of halogens is 1. The number of aromatic nitrogens is 2. The van der Waals surface area contributed by atoms with Gasteiger partial charge in [0.15, 0.2) is 23.3 Å². The van der Waals surface area contributed by atoms with Gasteiger partial charge in [0.25, 0.3) is 20.0 Å². The van der Waals surface area contributed by atoms with Gasteiger partial charge in [-0.1, -0.05) is 61.4 Å². The minimum absolute atomic E-state index is 0.0289. The molecule has 2 aliphatic rings. The lowest BCUT2D eigenvalue weighted by atomic mass is 9.99. The van der Waals surface area contributed by atoms with Crippen LogP contribution in [0.1, 0.15) is 120 Å². The first-order valence-electron chi connectivity index (χ1n) is 23.4. The number of carbonyl (C=O) groups is 2. The fourth-order valence-corrected chi connectivity index (χ4v) is 10.8. The number of fused-ring (bicyclic) bond motifs is 2.